The summed E-state index contributed by atoms with van der Waals surface area (Å²) in [6.07, 6.45) is 2.74. The van der Waals surface area contributed by atoms with Gasteiger partial charge in [0.1, 0.15) is 11.3 Å². The molecule has 0 radical (unpaired) electrons. The number of carboxylic acids is 1. The van der Waals surface area contributed by atoms with Crippen LogP contribution in [0, 0.1) is 0 Å². The topological polar surface area (TPSA) is 88.8 Å². The molecular formula is C18H13NO5S. The largest absolute Gasteiger partial charge is 0.480 e. The smallest absolute Gasteiger partial charge is 0.339 e. The van der Waals surface area contributed by atoms with Crippen molar-refractivity contribution in [3.8, 4) is 16.2 Å². The lowest BCUT2D eigenvalue weighted by Crippen LogP contribution is -2.31. The highest BCUT2D eigenvalue weighted by atomic mass is 32.1. The molecule has 0 spiro atoms. The molecule has 3 heterocycles. The van der Waals surface area contributed by atoms with Crippen LogP contribution in [0.15, 0.2) is 52.7 Å². The summed E-state index contributed by atoms with van der Waals surface area (Å²) < 4.78 is 10.7. The van der Waals surface area contributed by atoms with E-state index < -0.39 is 12.1 Å². The summed E-state index contributed by atoms with van der Waals surface area (Å²) in [5.41, 5.74) is 1.94. The number of nitrogens with one attached hydrogen (secondary N) is 1. The van der Waals surface area contributed by atoms with Gasteiger partial charge in [0.15, 0.2) is 6.10 Å². The molecule has 0 saturated heterocycles. The third-order valence-electron chi connectivity index (χ3n) is 3.99. The van der Waals surface area contributed by atoms with Crippen molar-refractivity contribution in [3.63, 3.8) is 0 Å². The molecule has 1 aromatic carbocycles. The molecule has 4 rings (SSSR count). The van der Waals surface area contributed by atoms with Crippen LogP contribution in [0.3, 0.4) is 0 Å². The molecule has 1 aliphatic heterocycles. The summed E-state index contributed by atoms with van der Waals surface area (Å²) in [6.45, 7) is 0. The highest BCUT2D eigenvalue weighted by Crippen LogP contribution is 2.37. The lowest BCUT2D eigenvalue weighted by atomic mass is 10.1. The summed E-state index contributed by atoms with van der Waals surface area (Å²) in [7, 11) is 0. The Morgan fingerprint density at radius 2 is 2.08 bits per heavy atom. The number of para-hydroxylation sites is 1. The van der Waals surface area contributed by atoms with Gasteiger partial charge in [-0.3, -0.25) is 4.79 Å². The zero-order valence-corrected chi connectivity index (χ0v) is 13.7. The maximum Gasteiger partial charge on any atom is 0.339 e. The number of furan rings is 1. The van der Waals surface area contributed by atoms with Gasteiger partial charge in [-0.1, -0.05) is 18.2 Å². The van der Waals surface area contributed by atoms with Gasteiger partial charge in [0.2, 0.25) is 0 Å². The molecule has 1 amide bonds. The lowest BCUT2D eigenvalue weighted by Gasteiger charge is -2.11. The normalized spacial score (nSPS) is 15.4. The minimum absolute atomic E-state index is 0.0512. The van der Waals surface area contributed by atoms with E-state index in [-0.39, 0.29) is 17.2 Å². The Bertz CT molecular complexity index is 919. The van der Waals surface area contributed by atoms with Crippen molar-refractivity contribution >= 4 is 28.9 Å². The van der Waals surface area contributed by atoms with Crippen molar-refractivity contribution in [2.45, 2.75) is 12.5 Å². The first-order chi connectivity index (χ1) is 12.1. The van der Waals surface area contributed by atoms with Gasteiger partial charge in [0.25, 0.3) is 5.91 Å². The molecule has 0 bridgehead atoms. The fraction of sp³-hybridized carbons (Fsp3) is 0.111. The standard InChI is InChI=1S/C18H13NO5S/c20-17(14-7-10-3-1-2-4-13(10)24-14)19-12-9-25-16(15(12)18(21)22)11-5-6-23-8-11/h1-6,8-9,14H,7H2,(H,19,20)(H,21,22). The van der Waals surface area contributed by atoms with Crippen molar-refractivity contribution in [2.24, 2.45) is 0 Å². The molecule has 2 aromatic heterocycles. The number of thiophene rings is 1. The van der Waals surface area contributed by atoms with Crippen LogP contribution < -0.4 is 10.1 Å². The molecule has 2 N–H and O–H groups in total. The van der Waals surface area contributed by atoms with Crippen LogP contribution in [0.4, 0.5) is 5.69 Å². The molecular weight excluding hydrogens is 342 g/mol. The summed E-state index contributed by atoms with van der Waals surface area (Å²) in [6, 6.07) is 9.14. The molecule has 0 fully saturated rings. The van der Waals surface area contributed by atoms with Crippen molar-refractivity contribution in [2.75, 3.05) is 5.32 Å². The molecule has 1 unspecified atom stereocenters. The van der Waals surface area contributed by atoms with Gasteiger partial charge in [-0.05, 0) is 17.7 Å². The number of amides is 1. The van der Waals surface area contributed by atoms with Crippen molar-refractivity contribution in [1.29, 1.82) is 0 Å². The number of ether oxygens (including phenoxy) is 1. The minimum Gasteiger partial charge on any atom is -0.480 e. The first-order valence-electron chi connectivity index (χ1n) is 7.56. The van der Waals surface area contributed by atoms with E-state index >= 15 is 0 Å². The number of aromatic carboxylic acids is 1. The number of hydrogen-bond donors (Lipinski definition) is 2. The predicted molar refractivity (Wildman–Crippen MR) is 92.2 cm³/mol. The number of benzene rings is 1. The molecule has 6 nitrogen and oxygen atoms in total. The molecule has 0 aliphatic carbocycles. The number of carbonyl (C=O) groups is 2. The van der Waals surface area contributed by atoms with Crippen LogP contribution >= 0.6 is 11.3 Å². The van der Waals surface area contributed by atoms with E-state index in [1.807, 2.05) is 24.3 Å². The Hall–Kier alpha value is -3.06. The minimum atomic E-state index is -1.11. The van der Waals surface area contributed by atoms with Gasteiger partial charge >= 0.3 is 5.97 Å². The second-order valence-electron chi connectivity index (χ2n) is 5.58. The maximum absolute atomic E-state index is 12.5. The first-order valence-corrected chi connectivity index (χ1v) is 8.44. The second-order valence-corrected chi connectivity index (χ2v) is 6.46. The fourth-order valence-corrected chi connectivity index (χ4v) is 3.79. The summed E-state index contributed by atoms with van der Waals surface area (Å²) in [4.78, 5) is 24.7. The summed E-state index contributed by atoms with van der Waals surface area (Å²) >= 11 is 1.24. The number of hydrogen-bond acceptors (Lipinski definition) is 5. The maximum atomic E-state index is 12.5. The van der Waals surface area contributed by atoms with Crippen LogP contribution in [-0.2, 0) is 11.2 Å². The Morgan fingerprint density at radius 3 is 2.80 bits per heavy atom. The van der Waals surface area contributed by atoms with Crippen LogP contribution in [0.5, 0.6) is 5.75 Å². The molecule has 7 heteroatoms. The van der Waals surface area contributed by atoms with Crippen LogP contribution in [0.25, 0.3) is 10.4 Å². The zero-order chi connectivity index (χ0) is 17.4. The monoisotopic (exact) mass is 355 g/mol. The Kier molecular flexibility index (Phi) is 3.77. The summed E-state index contributed by atoms with van der Waals surface area (Å²) in [5.74, 6) is -0.788. The van der Waals surface area contributed by atoms with Crippen LogP contribution in [0.1, 0.15) is 15.9 Å². The van der Waals surface area contributed by atoms with Gasteiger partial charge in [-0.25, -0.2) is 4.79 Å². The van der Waals surface area contributed by atoms with E-state index in [9.17, 15) is 14.7 Å². The predicted octanol–water partition coefficient (Wildman–Crippen LogP) is 3.65. The highest BCUT2D eigenvalue weighted by Gasteiger charge is 2.30. The average Bonchev–Trinajstić information content (AvgIpc) is 3.32. The molecule has 0 saturated carbocycles. The van der Waals surface area contributed by atoms with E-state index in [2.05, 4.69) is 5.32 Å². The number of carboxylic acid groups (broad SMARTS) is 1. The van der Waals surface area contributed by atoms with Crippen molar-refractivity contribution < 1.29 is 23.8 Å². The third kappa shape index (κ3) is 2.78. The number of carbonyl (C=O) groups excluding carboxylic acids is 1. The van der Waals surface area contributed by atoms with E-state index in [0.717, 1.165) is 5.56 Å². The average molecular weight is 355 g/mol. The van der Waals surface area contributed by atoms with Crippen molar-refractivity contribution in [1.82, 2.24) is 0 Å². The van der Waals surface area contributed by atoms with Gasteiger partial charge in [0, 0.05) is 17.4 Å². The van der Waals surface area contributed by atoms with E-state index in [0.29, 0.717) is 22.6 Å². The lowest BCUT2D eigenvalue weighted by molar-refractivity contribution is -0.122. The Labute approximate surface area is 146 Å². The quantitative estimate of drug-likeness (QED) is 0.746. The van der Waals surface area contributed by atoms with Gasteiger partial charge in [-0.2, -0.15) is 0 Å². The molecule has 1 atom stereocenters. The van der Waals surface area contributed by atoms with Gasteiger partial charge in [0.05, 0.1) is 23.1 Å². The number of anilines is 1. The fourth-order valence-electron chi connectivity index (χ4n) is 2.81. The van der Waals surface area contributed by atoms with Gasteiger partial charge < -0.3 is 19.6 Å². The van der Waals surface area contributed by atoms with Crippen LogP contribution in [-0.4, -0.2) is 23.1 Å². The van der Waals surface area contributed by atoms with Crippen molar-refractivity contribution in [3.05, 3.63) is 59.4 Å². The Morgan fingerprint density at radius 1 is 1.24 bits per heavy atom. The van der Waals surface area contributed by atoms with E-state index in [4.69, 9.17) is 9.15 Å². The second kappa shape index (κ2) is 6.10. The van der Waals surface area contributed by atoms with E-state index in [1.54, 1.807) is 11.4 Å². The number of fused-ring (bicyclic) bond motifs is 1. The molecule has 1 aliphatic rings. The number of rotatable bonds is 4. The summed E-state index contributed by atoms with van der Waals surface area (Å²) in [5, 5.41) is 13.9. The first kappa shape index (κ1) is 15.5. The molecule has 3 aromatic rings. The zero-order valence-electron chi connectivity index (χ0n) is 12.9. The van der Waals surface area contributed by atoms with Gasteiger partial charge in [-0.15, -0.1) is 11.3 Å². The molecule has 25 heavy (non-hydrogen) atoms. The third-order valence-corrected chi connectivity index (χ3v) is 5.01. The van der Waals surface area contributed by atoms with E-state index in [1.165, 1.54) is 23.9 Å². The van der Waals surface area contributed by atoms with Crippen LogP contribution in [0.2, 0.25) is 0 Å². The SMILES string of the molecule is O=C(O)c1c(NC(=O)C2Cc3ccccc3O2)csc1-c1ccoc1. The molecule has 126 valence electrons. The Balaban J connectivity index is 1.57. The highest BCUT2D eigenvalue weighted by molar-refractivity contribution is 7.14.